The van der Waals surface area contributed by atoms with E-state index in [1.807, 2.05) is 24.3 Å². The van der Waals surface area contributed by atoms with Crippen molar-refractivity contribution in [3.8, 4) is 0 Å². The number of ether oxygens (including phenoxy) is 1. The lowest BCUT2D eigenvalue weighted by molar-refractivity contribution is -0.113. The molecule has 5 heteroatoms. The average Bonchev–Trinajstić information content (AvgIpc) is 2.67. The van der Waals surface area contributed by atoms with E-state index in [-0.39, 0.29) is 17.9 Å². The fourth-order valence-corrected chi connectivity index (χ4v) is 2.84. The zero-order chi connectivity index (χ0) is 17.8. The second-order valence-electron chi connectivity index (χ2n) is 5.89. The summed E-state index contributed by atoms with van der Waals surface area (Å²) in [4.78, 5) is 25.6. The number of rotatable bonds is 4. The standard InChI is InChI=1S/C20H20N2O3/c1-3-19(23)22(2)16-10-8-14(9-11-16)20(24)21-18-13-25-12-15-6-4-5-7-17(15)18/h3-11,18H,1,12-13H2,2H3,(H,21,24). The summed E-state index contributed by atoms with van der Waals surface area (Å²) in [6, 6.07) is 14.7. The summed E-state index contributed by atoms with van der Waals surface area (Å²) in [7, 11) is 1.66. The van der Waals surface area contributed by atoms with Crippen molar-refractivity contribution in [2.75, 3.05) is 18.6 Å². The van der Waals surface area contributed by atoms with Gasteiger partial charge in [-0.05, 0) is 41.5 Å². The van der Waals surface area contributed by atoms with Crippen LogP contribution in [-0.2, 0) is 16.1 Å². The number of carbonyl (C=O) groups is 2. The quantitative estimate of drug-likeness (QED) is 0.874. The van der Waals surface area contributed by atoms with Gasteiger partial charge in [0.2, 0.25) is 5.91 Å². The molecule has 0 aliphatic carbocycles. The maximum absolute atomic E-state index is 12.5. The Bertz CT molecular complexity index is 799. The van der Waals surface area contributed by atoms with E-state index in [4.69, 9.17) is 4.74 Å². The average molecular weight is 336 g/mol. The Morgan fingerprint density at radius 2 is 1.92 bits per heavy atom. The van der Waals surface area contributed by atoms with Gasteiger partial charge in [0.15, 0.2) is 0 Å². The highest BCUT2D eigenvalue weighted by Crippen LogP contribution is 2.25. The van der Waals surface area contributed by atoms with Gasteiger partial charge in [0, 0.05) is 18.3 Å². The monoisotopic (exact) mass is 336 g/mol. The van der Waals surface area contributed by atoms with Gasteiger partial charge in [0.1, 0.15) is 0 Å². The minimum Gasteiger partial charge on any atom is -0.374 e. The normalized spacial score (nSPS) is 15.8. The predicted octanol–water partition coefficient (Wildman–Crippen LogP) is 2.84. The van der Waals surface area contributed by atoms with E-state index in [1.54, 1.807) is 31.3 Å². The van der Waals surface area contributed by atoms with Gasteiger partial charge in [0.25, 0.3) is 5.91 Å². The molecule has 2 aromatic rings. The SMILES string of the molecule is C=CC(=O)N(C)c1ccc(C(=O)NC2COCc3ccccc32)cc1. The zero-order valence-electron chi connectivity index (χ0n) is 14.1. The molecule has 0 saturated heterocycles. The van der Waals surface area contributed by atoms with Crippen molar-refractivity contribution >= 4 is 17.5 Å². The molecule has 0 radical (unpaired) electrons. The third-order valence-corrected chi connectivity index (χ3v) is 4.30. The summed E-state index contributed by atoms with van der Waals surface area (Å²) in [5, 5.41) is 3.01. The summed E-state index contributed by atoms with van der Waals surface area (Å²) in [5.41, 5.74) is 3.42. The van der Waals surface area contributed by atoms with Gasteiger partial charge in [-0.25, -0.2) is 0 Å². The van der Waals surface area contributed by atoms with Crippen LogP contribution in [0.5, 0.6) is 0 Å². The predicted molar refractivity (Wildman–Crippen MR) is 96.4 cm³/mol. The molecule has 1 atom stereocenters. The second-order valence-corrected chi connectivity index (χ2v) is 5.89. The summed E-state index contributed by atoms with van der Waals surface area (Å²) in [5.74, 6) is -0.372. The van der Waals surface area contributed by atoms with Crippen LogP contribution in [0, 0.1) is 0 Å². The lowest BCUT2D eigenvalue weighted by atomic mass is 9.99. The molecule has 1 aliphatic rings. The molecule has 128 valence electrons. The molecule has 1 heterocycles. The molecule has 0 spiro atoms. The number of likely N-dealkylation sites (N-methyl/N-ethyl adjacent to an activating group) is 1. The van der Waals surface area contributed by atoms with Crippen molar-refractivity contribution in [3.05, 3.63) is 77.9 Å². The van der Waals surface area contributed by atoms with Crippen molar-refractivity contribution in [1.82, 2.24) is 5.32 Å². The topological polar surface area (TPSA) is 58.6 Å². The second kappa shape index (κ2) is 7.32. The Labute approximate surface area is 146 Å². The summed E-state index contributed by atoms with van der Waals surface area (Å²) in [6.07, 6.45) is 1.25. The largest absolute Gasteiger partial charge is 0.374 e. The summed E-state index contributed by atoms with van der Waals surface area (Å²) >= 11 is 0. The number of hydrogen-bond acceptors (Lipinski definition) is 3. The Balaban J connectivity index is 1.72. The van der Waals surface area contributed by atoms with E-state index >= 15 is 0 Å². The van der Waals surface area contributed by atoms with E-state index in [1.165, 1.54) is 11.0 Å². The molecular weight excluding hydrogens is 316 g/mol. The Hall–Kier alpha value is -2.92. The van der Waals surface area contributed by atoms with Gasteiger partial charge in [-0.3, -0.25) is 9.59 Å². The molecule has 25 heavy (non-hydrogen) atoms. The summed E-state index contributed by atoms with van der Waals surface area (Å²) < 4.78 is 5.57. The van der Waals surface area contributed by atoms with Crippen molar-refractivity contribution in [2.24, 2.45) is 0 Å². The highest BCUT2D eigenvalue weighted by Gasteiger charge is 2.22. The molecule has 5 nitrogen and oxygen atoms in total. The molecule has 1 unspecified atom stereocenters. The molecule has 0 aromatic heterocycles. The molecule has 0 fully saturated rings. The molecule has 1 aliphatic heterocycles. The lowest BCUT2D eigenvalue weighted by Crippen LogP contribution is -2.34. The molecule has 2 amide bonds. The highest BCUT2D eigenvalue weighted by molar-refractivity contribution is 6.01. The van der Waals surface area contributed by atoms with Crippen molar-refractivity contribution < 1.29 is 14.3 Å². The smallest absolute Gasteiger partial charge is 0.251 e. The van der Waals surface area contributed by atoms with Gasteiger partial charge in [-0.15, -0.1) is 0 Å². The minimum absolute atomic E-state index is 0.165. The zero-order valence-corrected chi connectivity index (χ0v) is 14.1. The molecule has 0 bridgehead atoms. The fourth-order valence-electron chi connectivity index (χ4n) is 2.84. The highest BCUT2D eigenvalue weighted by atomic mass is 16.5. The summed E-state index contributed by atoms with van der Waals surface area (Å²) in [6.45, 7) is 4.50. The van der Waals surface area contributed by atoms with Crippen LogP contribution in [0.1, 0.15) is 27.5 Å². The van der Waals surface area contributed by atoms with E-state index in [9.17, 15) is 9.59 Å². The first-order valence-corrected chi connectivity index (χ1v) is 8.06. The van der Waals surface area contributed by atoms with Crippen LogP contribution < -0.4 is 10.2 Å². The molecule has 2 aromatic carbocycles. The van der Waals surface area contributed by atoms with E-state index in [0.717, 1.165) is 11.1 Å². The number of benzene rings is 2. The van der Waals surface area contributed by atoms with Crippen molar-refractivity contribution in [2.45, 2.75) is 12.6 Å². The van der Waals surface area contributed by atoms with Crippen molar-refractivity contribution in [3.63, 3.8) is 0 Å². The van der Waals surface area contributed by atoms with Gasteiger partial charge in [-0.1, -0.05) is 30.8 Å². The van der Waals surface area contributed by atoms with Gasteiger partial charge < -0.3 is 15.0 Å². The molecule has 0 saturated carbocycles. The maximum atomic E-state index is 12.5. The number of nitrogens with zero attached hydrogens (tertiary/aromatic N) is 1. The van der Waals surface area contributed by atoms with Gasteiger partial charge in [-0.2, -0.15) is 0 Å². The van der Waals surface area contributed by atoms with E-state index in [2.05, 4.69) is 11.9 Å². The van der Waals surface area contributed by atoms with Crippen LogP contribution in [0.2, 0.25) is 0 Å². The first kappa shape index (κ1) is 16.9. The third kappa shape index (κ3) is 3.61. The molecule has 3 rings (SSSR count). The Morgan fingerprint density at radius 3 is 2.64 bits per heavy atom. The number of nitrogens with one attached hydrogen (secondary N) is 1. The number of fused-ring (bicyclic) bond motifs is 1. The van der Waals surface area contributed by atoms with Crippen LogP contribution in [-0.4, -0.2) is 25.5 Å². The first-order valence-electron chi connectivity index (χ1n) is 8.06. The van der Waals surface area contributed by atoms with Gasteiger partial charge in [0.05, 0.1) is 19.3 Å². The first-order chi connectivity index (χ1) is 12.1. The molecule has 1 N–H and O–H groups in total. The van der Waals surface area contributed by atoms with E-state index < -0.39 is 0 Å². The third-order valence-electron chi connectivity index (χ3n) is 4.30. The van der Waals surface area contributed by atoms with Crippen LogP contribution in [0.3, 0.4) is 0 Å². The fraction of sp³-hybridized carbons (Fsp3) is 0.200. The maximum Gasteiger partial charge on any atom is 0.251 e. The lowest BCUT2D eigenvalue weighted by Gasteiger charge is -2.26. The van der Waals surface area contributed by atoms with Crippen LogP contribution in [0.25, 0.3) is 0 Å². The van der Waals surface area contributed by atoms with Crippen LogP contribution in [0.4, 0.5) is 5.69 Å². The Kier molecular flexibility index (Phi) is 4.95. The molecular formula is C20H20N2O3. The Morgan fingerprint density at radius 1 is 1.20 bits per heavy atom. The van der Waals surface area contributed by atoms with Gasteiger partial charge >= 0.3 is 0 Å². The van der Waals surface area contributed by atoms with E-state index in [0.29, 0.717) is 24.5 Å². The number of carbonyl (C=O) groups excluding carboxylic acids is 2. The number of anilines is 1. The minimum atomic E-state index is -0.201. The number of amides is 2. The van der Waals surface area contributed by atoms with Crippen LogP contribution >= 0.6 is 0 Å². The number of hydrogen-bond donors (Lipinski definition) is 1. The van der Waals surface area contributed by atoms with Crippen LogP contribution in [0.15, 0.2) is 61.2 Å². The van der Waals surface area contributed by atoms with Crippen molar-refractivity contribution in [1.29, 1.82) is 0 Å².